The van der Waals surface area contributed by atoms with Gasteiger partial charge in [-0.05, 0) is 17.7 Å². The molecule has 0 aliphatic heterocycles. The Labute approximate surface area is 108 Å². The minimum atomic E-state index is -4.52. The standard InChI is InChI=1S/C14H9F3N2/c15-14(16,17)12-7-4-8-19-13(12)11(9-18)10-5-2-1-3-6-10/h1-8,11H. The molecule has 0 saturated carbocycles. The van der Waals surface area contributed by atoms with Crippen LogP contribution in [0.5, 0.6) is 0 Å². The fraction of sp³-hybridized carbons (Fsp3) is 0.143. The third-order valence-corrected chi connectivity index (χ3v) is 2.68. The number of aromatic nitrogens is 1. The van der Waals surface area contributed by atoms with Crippen LogP contribution in [0.3, 0.4) is 0 Å². The molecule has 0 amide bonds. The zero-order valence-electron chi connectivity index (χ0n) is 9.72. The first kappa shape index (κ1) is 13.1. The summed E-state index contributed by atoms with van der Waals surface area (Å²) in [4.78, 5) is 3.75. The van der Waals surface area contributed by atoms with Gasteiger partial charge in [0.25, 0.3) is 0 Å². The summed E-state index contributed by atoms with van der Waals surface area (Å²) in [5, 5.41) is 9.17. The van der Waals surface area contributed by atoms with Gasteiger partial charge in [-0.15, -0.1) is 0 Å². The van der Waals surface area contributed by atoms with Gasteiger partial charge in [-0.2, -0.15) is 18.4 Å². The molecule has 0 radical (unpaired) electrons. The quantitative estimate of drug-likeness (QED) is 0.826. The topological polar surface area (TPSA) is 36.7 Å². The molecule has 0 aliphatic carbocycles. The molecule has 19 heavy (non-hydrogen) atoms. The van der Waals surface area contributed by atoms with Crippen LogP contribution in [0, 0.1) is 11.3 Å². The molecular formula is C14H9F3N2. The zero-order chi connectivity index (χ0) is 13.9. The number of rotatable bonds is 2. The van der Waals surface area contributed by atoms with E-state index in [1.54, 1.807) is 30.3 Å². The van der Waals surface area contributed by atoms with Gasteiger partial charge < -0.3 is 0 Å². The molecule has 1 heterocycles. The summed E-state index contributed by atoms with van der Waals surface area (Å²) in [6, 6.07) is 12.4. The highest BCUT2D eigenvalue weighted by Crippen LogP contribution is 2.35. The van der Waals surface area contributed by atoms with Crippen molar-refractivity contribution in [3.05, 3.63) is 65.5 Å². The average Bonchev–Trinajstić information content (AvgIpc) is 2.40. The summed E-state index contributed by atoms with van der Waals surface area (Å²) < 4.78 is 38.7. The highest BCUT2D eigenvalue weighted by molar-refractivity contribution is 5.39. The predicted octanol–water partition coefficient (Wildman–Crippen LogP) is 3.76. The van der Waals surface area contributed by atoms with Gasteiger partial charge in [-0.3, -0.25) is 4.98 Å². The van der Waals surface area contributed by atoms with E-state index < -0.39 is 17.7 Å². The number of nitriles is 1. The Morgan fingerprint density at radius 2 is 1.74 bits per heavy atom. The first-order valence-corrected chi connectivity index (χ1v) is 5.50. The fourth-order valence-corrected chi connectivity index (χ4v) is 1.83. The molecule has 0 fully saturated rings. The van der Waals surface area contributed by atoms with Crippen molar-refractivity contribution in [1.82, 2.24) is 4.98 Å². The van der Waals surface area contributed by atoms with Crippen LogP contribution in [0.1, 0.15) is 22.7 Å². The first-order chi connectivity index (χ1) is 9.04. The van der Waals surface area contributed by atoms with Crippen LogP contribution < -0.4 is 0 Å². The van der Waals surface area contributed by atoms with Gasteiger partial charge in [-0.1, -0.05) is 30.3 Å². The van der Waals surface area contributed by atoms with Crippen molar-refractivity contribution >= 4 is 0 Å². The lowest BCUT2D eigenvalue weighted by Crippen LogP contribution is -2.13. The molecule has 2 rings (SSSR count). The lowest BCUT2D eigenvalue weighted by atomic mass is 9.93. The van der Waals surface area contributed by atoms with Crippen molar-refractivity contribution in [3.63, 3.8) is 0 Å². The number of nitrogens with zero attached hydrogens (tertiary/aromatic N) is 2. The maximum Gasteiger partial charge on any atom is 0.418 e. The molecule has 96 valence electrons. The summed E-state index contributed by atoms with van der Waals surface area (Å²) in [7, 11) is 0. The minimum absolute atomic E-state index is 0.260. The lowest BCUT2D eigenvalue weighted by Gasteiger charge is -2.15. The maximum atomic E-state index is 12.9. The van der Waals surface area contributed by atoms with Crippen molar-refractivity contribution in [2.75, 3.05) is 0 Å². The smallest absolute Gasteiger partial charge is 0.259 e. The van der Waals surface area contributed by atoms with E-state index in [9.17, 15) is 13.2 Å². The molecule has 2 aromatic rings. The second kappa shape index (κ2) is 5.11. The van der Waals surface area contributed by atoms with Crippen LogP contribution in [0.4, 0.5) is 13.2 Å². The van der Waals surface area contributed by atoms with Crippen molar-refractivity contribution in [1.29, 1.82) is 5.26 Å². The molecule has 1 aromatic carbocycles. The number of pyridine rings is 1. The molecule has 5 heteroatoms. The number of halogens is 3. The van der Waals surface area contributed by atoms with Crippen LogP contribution in [0.25, 0.3) is 0 Å². The molecule has 0 spiro atoms. The Hall–Kier alpha value is -2.35. The van der Waals surface area contributed by atoms with E-state index in [1.807, 2.05) is 6.07 Å². The van der Waals surface area contributed by atoms with Gasteiger partial charge in [0.1, 0.15) is 5.92 Å². The summed E-state index contributed by atoms with van der Waals surface area (Å²) in [6.45, 7) is 0. The highest BCUT2D eigenvalue weighted by Gasteiger charge is 2.36. The molecule has 2 nitrogen and oxygen atoms in total. The Bertz CT molecular complexity index is 600. The van der Waals surface area contributed by atoms with Crippen molar-refractivity contribution < 1.29 is 13.2 Å². The van der Waals surface area contributed by atoms with Crippen LogP contribution in [0.2, 0.25) is 0 Å². The van der Waals surface area contributed by atoms with E-state index in [2.05, 4.69) is 4.98 Å². The Morgan fingerprint density at radius 3 is 2.32 bits per heavy atom. The second-order valence-electron chi connectivity index (χ2n) is 3.91. The second-order valence-corrected chi connectivity index (χ2v) is 3.91. The molecule has 1 atom stereocenters. The summed E-state index contributed by atoms with van der Waals surface area (Å²) >= 11 is 0. The molecule has 0 aliphatic rings. The van der Waals surface area contributed by atoms with Crippen LogP contribution in [-0.4, -0.2) is 4.98 Å². The SMILES string of the molecule is N#CC(c1ccccc1)c1ncccc1C(F)(F)F. The van der Waals surface area contributed by atoms with E-state index >= 15 is 0 Å². The molecular weight excluding hydrogens is 253 g/mol. The van der Waals surface area contributed by atoms with Crippen molar-refractivity contribution in [2.24, 2.45) is 0 Å². The van der Waals surface area contributed by atoms with Crippen LogP contribution in [0.15, 0.2) is 48.7 Å². The number of benzene rings is 1. The van der Waals surface area contributed by atoms with Gasteiger partial charge >= 0.3 is 6.18 Å². The van der Waals surface area contributed by atoms with E-state index in [0.717, 1.165) is 6.07 Å². The molecule has 0 saturated heterocycles. The third-order valence-electron chi connectivity index (χ3n) is 2.68. The molecule has 1 unspecified atom stereocenters. The maximum absolute atomic E-state index is 12.9. The minimum Gasteiger partial charge on any atom is -0.259 e. The van der Waals surface area contributed by atoms with Crippen LogP contribution in [-0.2, 0) is 6.18 Å². The molecule has 1 aromatic heterocycles. The molecule has 0 N–H and O–H groups in total. The summed E-state index contributed by atoms with van der Waals surface area (Å²) in [5.41, 5.74) is -0.636. The van der Waals surface area contributed by atoms with Crippen molar-refractivity contribution in [3.8, 4) is 6.07 Å². The Morgan fingerprint density at radius 1 is 1.05 bits per heavy atom. The third kappa shape index (κ3) is 2.74. The van der Waals surface area contributed by atoms with Gasteiger partial charge in [0.05, 0.1) is 17.3 Å². The van der Waals surface area contributed by atoms with E-state index in [0.29, 0.717) is 5.56 Å². The predicted molar refractivity (Wildman–Crippen MR) is 63.1 cm³/mol. The van der Waals surface area contributed by atoms with Gasteiger partial charge in [0, 0.05) is 6.20 Å². The first-order valence-electron chi connectivity index (χ1n) is 5.50. The largest absolute Gasteiger partial charge is 0.418 e. The zero-order valence-corrected chi connectivity index (χ0v) is 9.72. The Kier molecular flexibility index (Phi) is 3.52. The van der Waals surface area contributed by atoms with Gasteiger partial charge in [0.15, 0.2) is 0 Å². The average molecular weight is 262 g/mol. The number of hydrogen-bond donors (Lipinski definition) is 0. The monoisotopic (exact) mass is 262 g/mol. The van der Waals surface area contributed by atoms with Gasteiger partial charge in [-0.25, -0.2) is 0 Å². The number of alkyl halides is 3. The highest BCUT2D eigenvalue weighted by atomic mass is 19.4. The molecule has 0 bridgehead atoms. The van der Waals surface area contributed by atoms with Crippen LogP contribution >= 0.6 is 0 Å². The summed E-state index contributed by atoms with van der Waals surface area (Å²) in [5.74, 6) is -1.03. The summed E-state index contributed by atoms with van der Waals surface area (Å²) in [6.07, 6.45) is -3.26. The number of hydrogen-bond acceptors (Lipinski definition) is 2. The van der Waals surface area contributed by atoms with E-state index in [1.165, 1.54) is 12.3 Å². The lowest BCUT2D eigenvalue weighted by molar-refractivity contribution is -0.138. The Balaban J connectivity index is 2.55. The normalized spacial score (nSPS) is 12.7. The van der Waals surface area contributed by atoms with E-state index in [4.69, 9.17) is 5.26 Å². The van der Waals surface area contributed by atoms with Crippen molar-refractivity contribution in [2.45, 2.75) is 12.1 Å². The fourth-order valence-electron chi connectivity index (χ4n) is 1.83. The van der Waals surface area contributed by atoms with Gasteiger partial charge in [0.2, 0.25) is 0 Å². The van der Waals surface area contributed by atoms with E-state index in [-0.39, 0.29) is 5.69 Å².